The van der Waals surface area contributed by atoms with Crippen LogP contribution in [0.15, 0.2) is 41.0 Å². The van der Waals surface area contributed by atoms with E-state index in [0.717, 1.165) is 12.0 Å². The zero-order chi connectivity index (χ0) is 17.1. The third kappa shape index (κ3) is 3.49. The van der Waals surface area contributed by atoms with Gasteiger partial charge in [0.05, 0.1) is 18.3 Å². The Morgan fingerprint density at radius 2 is 2.04 bits per heavy atom. The Labute approximate surface area is 139 Å². The van der Waals surface area contributed by atoms with Crippen LogP contribution in [-0.2, 0) is 4.79 Å². The Hall–Kier alpha value is -2.60. The molecule has 6 heteroatoms. The second-order valence-electron chi connectivity index (χ2n) is 6.06. The first-order valence-electron chi connectivity index (χ1n) is 7.99. The number of carbonyl (C=O) groups is 2. The van der Waals surface area contributed by atoms with Gasteiger partial charge in [0.1, 0.15) is 0 Å². The summed E-state index contributed by atoms with van der Waals surface area (Å²) in [5.74, 6) is -0.591. The van der Waals surface area contributed by atoms with Crippen molar-refractivity contribution < 1.29 is 19.1 Å². The molecule has 1 saturated carbocycles. The lowest BCUT2D eigenvalue weighted by molar-refractivity contribution is -0.122. The lowest BCUT2D eigenvalue weighted by Gasteiger charge is -2.15. The SMILES string of the molecule is Cc1cc(NC(=O)C2CCCC2O)ccc1NC(=O)c1ccco1. The van der Waals surface area contributed by atoms with Crippen LogP contribution in [0, 0.1) is 12.8 Å². The van der Waals surface area contributed by atoms with Crippen molar-refractivity contribution in [2.24, 2.45) is 5.92 Å². The molecular formula is C18H20N2O4. The van der Waals surface area contributed by atoms with Crippen LogP contribution in [0.3, 0.4) is 0 Å². The summed E-state index contributed by atoms with van der Waals surface area (Å²) in [5.41, 5.74) is 2.11. The van der Waals surface area contributed by atoms with Gasteiger partial charge in [0.25, 0.3) is 5.91 Å². The van der Waals surface area contributed by atoms with E-state index >= 15 is 0 Å². The van der Waals surface area contributed by atoms with Crippen LogP contribution in [-0.4, -0.2) is 23.0 Å². The molecule has 3 rings (SSSR count). The van der Waals surface area contributed by atoms with Gasteiger partial charge in [-0.15, -0.1) is 0 Å². The summed E-state index contributed by atoms with van der Waals surface area (Å²) in [7, 11) is 0. The Kier molecular flexibility index (Phi) is 4.66. The molecule has 24 heavy (non-hydrogen) atoms. The van der Waals surface area contributed by atoms with E-state index in [9.17, 15) is 14.7 Å². The average molecular weight is 328 g/mol. The largest absolute Gasteiger partial charge is 0.459 e. The van der Waals surface area contributed by atoms with Crippen LogP contribution in [0.5, 0.6) is 0 Å². The smallest absolute Gasteiger partial charge is 0.291 e. The quantitative estimate of drug-likeness (QED) is 0.804. The molecule has 2 amide bonds. The average Bonchev–Trinajstić information content (AvgIpc) is 3.21. The molecule has 6 nitrogen and oxygen atoms in total. The van der Waals surface area contributed by atoms with E-state index in [0.29, 0.717) is 24.2 Å². The predicted octanol–water partition coefficient (Wildman–Crippen LogP) is 2.94. The molecule has 1 fully saturated rings. The Bertz CT molecular complexity index is 739. The number of amides is 2. The normalized spacial score (nSPS) is 19.9. The summed E-state index contributed by atoms with van der Waals surface area (Å²) in [6.45, 7) is 1.85. The van der Waals surface area contributed by atoms with Crippen LogP contribution < -0.4 is 10.6 Å². The maximum atomic E-state index is 12.2. The van der Waals surface area contributed by atoms with E-state index in [1.54, 1.807) is 30.3 Å². The number of anilines is 2. The highest BCUT2D eigenvalue weighted by molar-refractivity contribution is 6.03. The van der Waals surface area contributed by atoms with Crippen LogP contribution in [0.1, 0.15) is 35.4 Å². The number of aliphatic hydroxyl groups is 1. The van der Waals surface area contributed by atoms with E-state index in [1.807, 2.05) is 6.92 Å². The predicted molar refractivity (Wildman–Crippen MR) is 89.8 cm³/mol. The molecule has 1 aromatic heterocycles. The number of hydrogen-bond donors (Lipinski definition) is 3. The standard InChI is InChI=1S/C18H20N2O4/c1-11-10-12(19-17(22)13-4-2-5-15(13)21)7-8-14(11)20-18(23)16-6-3-9-24-16/h3,6-10,13,15,21H,2,4-5H2,1H3,(H,19,22)(H,20,23). The summed E-state index contributed by atoms with van der Waals surface area (Å²) in [6.07, 6.45) is 3.14. The number of rotatable bonds is 4. The van der Waals surface area contributed by atoms with Gasteiger partial charge in [0, 0.05) is 11.4 Å². The van der Waals surface area contributed by atoms with Crippen molar-refractivity contribution in [1.29, 1.82) is 0 Å². The molecule has 126 valence electrons. The maximum absolute atomic E-state index is 12.2. The minimum absolute atomic E-state index is 0.160. The fraction of sp³-hybridized carbons (Fsp3) is 0.333. The highest BCUT2D eigenvalue weighted by atomic mass is 16.3. The number of aryl methyl sites for hydroxylation is 1. The topological polar surface area (TPSA) is 91.6 Å². The molecular weight excluding hydrogens is 308 g/mol. The lowest BCUT2D eigenvalue weighted by atomic mass is 10.0. The number of aliphatic hydroxyl groups excluding tert-OH is 1. The van der Waals surface area contributed by atoms with Gasteiger partial charge in [-0.3, -0.25) is 9.59 Å². The van der Waals surface area contributed by atoms with Crippen molar-refractivity contribution in [2.45, 2.75) is 32.3 Å². The van der Waals surface area contributed by atoms with Crippen molar-refractivity contribution in [3.8, 4) is 0 Å². The van der Waals surface area contributed by atoms with Crippen LogP contribution in [0.25, 0.3) is 0 Å². The van der Waals surface area contributed by atoms with Gasteiger partial charge in [-0.2, -0.15) is 0 Å². The summed E-state index contributed by atoms with van der Waals surface area (Å²) in [6, 6.07) is 8.49. The Morgan fingerprint density at radius 3 is 2.67 bits per heavy atom. The second-order valence-corrected chi connectivity index (χ2v) is 6.06. The van der Waals surface area contributed by atoms with Crippen LogP contribution in [0.4, 0.5) is 11.4 Å². The molecule has 1 aliphatic rings. The summed E-state index contributed by atoms with van der Waals surface area (Å²) >= 11 is 0. The van der Waals surface area contributed by atoms with Crippen LogP contribution >= 0.6 is 0 Å². The van der Waals surface area contributed by atoms with Gasteiger partial charge < -0.3 is 20.2 Å². The molecule has 1 heterocycles. The minimum atomic E-state index is -0.557. The molecule has 0 spiro atoms. The summed E-state index contributed by atoms with van der Waals surface area (Å²) < 4.78 is 5.06. The van der Waals surface area contributed by atoms with Gasteiger partial charge in [-0.1, -0.05) is 0 Å². The Morgan fingerprint density at radius 1 is 1.21 bits per heavy atom. The molecule has 0 aliphatic heterocycles. The van der Waals surface area contributed by atoms with Gasteiger partial charge in [0.15, 0.2) is 5.76 Å². The lowest BCUT2D eigenvalue weighted by Crippen LogP contribution is -2.28. The van der Waals surface area contributed by atoms with E-state index in [2.05, 4.69) is 10.6 Å². The fourth-order valence-corrected chi connectivity index (χ4v) is 2.95. The number of hydrogen-bond acceptors (Lipinski definition) is 4. The van der Waals surface area contributed by atoms with Gasteiger partial charge in [-0.05, 0) is 62.1 Å². The van der Waals surface area contributed by atoms with E-state index in [-0.39, 0.29) is 23.5 Å². The first kappa shape index (κ1) is 16.3. The monoisotopic (exact) mass is 328 g/mol. The second kappa shape index (κ2) is 6.88. The third-order valence-corrected chi connectivity index (χ3v) is 4.30. The number of furan rings is 1. The Balaban J connectivity index is 1.66. The summed E-state index contributed by atoms with van der Waals surface area (Å²) in [5, 5.41) is 15.4. The fourth-order valence-electron chi connectivity index (χ4n) is 2.95. The molecule has 0 bridgehead atoms. The van der Waals surface area contributed by atoms with E-state index in [1.165, 1.54) is 6.26 Å². The number of carbonyl (C=O) groups excluding carboxylic acids is 2. The molecule has 0 radical (unpaired) electrons. The minimum Gasteiger partial charge on any atom is -0.459 e. The van der Waals surface area contributed by atoms with E-state index in [4.69, 9.17) is 4.42 Å². The van der Waals surface area contributed by atoms with Crippen molar-refractivity contribution in [3.63, 3.8) is 0 Å². The molecule has 1 aromatic carbocycles. The molecule has 2 unspecified atom stereocenters. The summed E-state index contributed by atoms with van der Waals surface area (Å²) in [4.78, 5) is 24.2. The van der Waals surface area contributed by atoms with E-state index < -0.39 is 6.10 Å². The molecule has 3 N–H and O–H groups in total. The first-order chi connectivity index (χ1) is 11.5. The zero-order valence-corrected chi connectivity index (χ0v) is 13.4. The molecule has 2 atom stereocenters. The molecule has 1 aliphatic carbocycles. The van der Waals surface area contributed by atoms with Crippen molar-refractivity contribution in [3.05, 3.63) is 47.9 Å². The number of benzene rings is 1. The molecule has 0 saturated heterocycles. The van der Waals surface area contributed by atoms with Gasteiger partial charge in [0.2, 0.25) is 5.91 Å². The van der Waals surface area contributed by atoms with Crippen LogP contribution in [0.2, 0.25) is 0 Å². The maximum Gasteiger partial charge on any atom is 0.291 e. The number of nitrogens with one attached hydrogen (secondary N) is 2. The highest BCUT2D eigenvalue weighted by Gasteiger charge is 2.31. The molecule has 2 aromatic rings. The first-order valence-corrected chi connectivity index (χ1v) is 7.99. The third-order valence-electron chi connectivity index (χ3n) is 4.30. The van der Waals surface area contributed by atoms with Crippen molar-refractivity contribution >= 4 is 23.2 Å². The van der Waals surface area contributed by atoms with Crippen molar-refractivity contribution in [1.82, 2.24) is 0 Å². The highest BCUT2D eigenvalue weighted by Crippen LogP contribution is 2.27. The zero-order valence-electron chi connectivity index (χ0n) is 13.4. The van der Waals surface area contributed by atoms with Gasteiger partial charge in [-0.25, -0.2) is 0 Å². The van der Waals surface area contributed by atoms with Gasteiger partial charge >= 0.3 is 0 Å². The van der Waals surface area contributed by atoms with Crippen molar-refractivity contribution in [2.75, 3.05) is 10.6 Å².